The lowest BCUT2D eigenvalue weighted by Gasteiger charge is -2.12. The van der Waals surface area contributed by atoms with Crippen LogP contribution < -0.4 is 9.47 Å². The molecule has 0 spiro atoms. The quantitative estimate of drug-likeness (QED) is 0.654. The maximum Gasteiger partial charge on any atom is 0.330 e. The van der Waals surface area contributed by atoms with E-state index in [0.717, 1.165) is 6.20 Å². The minimum absolute atomic E-state index is 0.0325. The molecule has 8 heteroatoms. The van der Waals surface area contributed by atoms with E-state index < -0.39 is 4.92 Å². The van der Waals surface area contributed by atoms with Crippen LogP contribution in [0.3, 0.4) is 0 Å². The van der Waals surface area contributed by atoms with E-state index >= 15 is 0 Å². The van der Waals surface area contributed by atoms with Gasteiger partial charge in [0.25, 0.3) is 0 Å². The fourth-order valence-electron chi connectivity index (χ4n) is 1.65. The summed E-state index contributed by atoms with van der Waals surface area (Å²) in [6.07, 6.45) is 2.51. The van der Waals surface area contributed by atoms with Crippen molar-refractivity contribution in [3.05, 3.63) is 50.7 Å². The molecule has 21 heavy (non-hydrogen) atoms. The summed E-state index contributed by atoms with van der Waals surface area (Å²) >= 11 is 3.17. The van der Waals surface area contributed by atoms with E-state index in [1.807, 2.05) is 0 Å². The maximum atomic E-state index is 11.0. The van der Waals surface area contributed by atoms with E-state index in [0.29, 0.717) is 21.5 Å². The fourth-order valence-corrected chi connectivity index (χ4v) is 2.05. The van der Waals surface area contributed by atoms with Crippen molar-refractivity contribution in [1.29, 1.82) is 0 Å². The van der Waals surface area contributed by atoms with Crippen molar-refractivity contribution in [1.82, 2.24) is 4.98 Å². The van der Waals surface area contributed by atoms with Gasteiger partial charge >= 0.3 is 5.69 Å². The molecule has 7 nitrogen and oxygen atoms in total. The predicted molar refractivity (Wildman–Crippen MR) is 77.6 cm³/mol. The number of hydrogen-bond acceptors (Lipinski definition) is 6. The largest absolute Gasteiger partial charge is 0.493 e. The van der Waals surface area contributed by atoms with Crippen molar-refractivity contribution in [2.75, 3.05) is 7.11 Å². The van der Waals surface area contributed by atoms with Crippen LogP contribution in [0.5, 0.6) is 17.2 Å². The number of aliphatic hydroxyl groups excluding tert-OH is 1. The number of hydrogen-bond donors (Lipinski definition) is 1. The molecule has 2 rings (SSSR count). The van der Waals surface area contributed by atoms with E-state index in [9.17, 15) is 10.1 Å². The van der Waals surface area contributed by atoms with E-state index in [1.165, 1.54) is 13.3 Å². The predicted octanol–water partition coefficient (Wildman–Crippen LogP) is 3.05. The summed E-state index contributed by atoms with van der Waals surface area (Å²) in [5, 5.41) is 20.1. The van der Waals surface area contributed by atoms with Gasteiger partial charge in [0.1, 0.15) is 6.20 Å². The van der Waals surface area contributed by atoms with Gasteiger partial charge in [-0.15, -0.1) is 0 Å². The number of benzene rings is 1. The number of methoxy groups -OCH3 is 1. The minimum atomic E-state index is -0.582. The number of rotatable bonds is 5. The average molecular weight is 355 g/mol. The molecule has 1 heterocycles. The molecular weight excluding hydrogens is 344 g/mol. The van der Waals surface area contributed by atoms with Crippen molar-refractivity contribution in [3.63, 3.8) is 0 Å². The Morgan fingerprint density at radius 2 is 2.14 bits per heavy atom. The van der Waals surface area contributed by atoms with E-state index in [-0.39, 0.29) is 18.0 Å². The zero-order chi connectivity index (χ0) is 15.4. The molecule has 0 atom stereocenters. The van der Waals surface area contributed by atoms with Crippen LogP contribution in [0.4, 0.5) is 5.69 Å². The number of nitro groups is 1. The first-order valence-corrected chi connectivity index (χ1v) is 6.59. The summed E-state index contributed by atoms with van der Waals surface area (Å²) in [7, 11) is 1.44. The third-order valence-electron chi connectivity index (χ3n) is 2.65. The number of aromatic nitrogens is 1. The Kier molecular flexibility index (Phi) is 4.71. The third kappa shape index (κ3) is 3.29. The van der Waals surface area contributed by atoms with Crippen LogP contribution in [0.25, 0.3) is 0 Å². The smallest absolute Gasteiger partial charge is 0.330 e. The van der Waals surface area contributed by atoms with Crippen molar-refractivity contribution < 1.29 is 19.5 Å². The summed E-state index contributed by atoms with van der Waals surface area (Å²) in [6, 6.07) is 4.80. The molecule has 0 saturated carbocycles. The Morgan fingerprint density at radius 1 is 1.38 bits per heavy atom. The highest BCUT2D eigenvalue weighted by Gasteiger charge is 2.21. The molecule has 0 amide bonds. The van der Waals surface area contributed by atoms with Gasteiger partial charge in [-0.2, -0.15) is 0 Å². The molecule has 0 aliphatic carbocycles. The first-order chi connectivity index (χ1) is 10.1. The van der Waals surface area contributed by atoms with Gasteiger partial charge < -0.3 is 14.6 Å². The lowest BCUT2D eigenvalue weighted by Crippen LogP contribution is -1.97. The average Bonchev–Trinajstić information content (AvgIpc) is 2.49. The van der Waals surface area contributed by atoms with Gasteiger partial charge in [0.05, 0.1) is 23.1 Å². The minimum Gasteiger partial charge on any atom is -0.493 e. The Bertz CT molecular complexity index is 678. The third-order valence-corrected chi connectivity index (χ3v) is 3.22. The highest BCUT2D eigenvalue weighted by atomic mass is 79.9. The summed E-state index contributed by atoms with van der Waals surface area (Å²) in [4.78, 5) is 14.2. The zero-order valence-corrected chi connectivity index (χ0v) is 12.5. The van der Waals surface area contributed by atoms with Gasteiger partial charge in [0.15, 0.2) is 11.5 Å². The van der Waals surface area contributed by atoms with E-state index in [1.54, 1.807) is 18.2 Å². The highest BCUT2D eigenvalue weighted by molar-refractivity contribution is 9.10. The van der Waals surface area contributed by atoms with Crippen molar-refractivity contribution in [2.45, 2.75) is 6.61 Å². The number of nitrogens with zero attached hydrogens (tertiary/aromatic N) is 2. The van der Waals surface area contributed by atoms with Gasteiger partial charge in [-0.05, 0) is 33.6 Å². The normalized spacial score (nSPS) is 10.2. The molecule has 2 aromatic rings. The number of pyridine rings is 1. The topological polar surface area (TPSA) is 94.7 Å². The number of ether oxygens (including phenoxy) is 2. The van der Waals surface area contributed by atoms with Crippen molar-refractivity contribution in [2.24, 2.45) is 0 Å². The molecule has 0 unspecified atom stereocenters. The molecule has 110 valence electrons. The molecule has 1 aromatic heterocycles. The lowest BCUT2D eigenvalue weighted by molar-refractivity contribution is -0.386. The van der Waals surface area contributed by atoms with Gasteiger partial charge in [-0.3, -0.25) is 15.1 Å². The fraction of sp³-hybridized carbons (Fsp3) is 0.154. The molecule has 0 aliphatic rings. The van der Waals surface area contributed by atoms with Crippen LogP contribution >= 0.6 is 15.9 Å². The van der Waals surface area contributed by atoms with Gasteiger partial charge in [0.2, 0.25) is 5.75 Å². The molecule has 0 bridgehead atoms. The second kappa shape index (κ2) is 6.51. The van der Waals surface area contributed by atoms with Crippen LogP contribution in [-0.2, 0) is 6.61 Å². The van der Waals surface area contributed by atoms with E-state index in [4.69, 9.17) is 14.6 Å². The monoisotopic (exact) mass is 354 g/mol. The molecule has 0 fully saturated rings. The molecule has 0 aliphatic heterocycles. The van der Waals surface area contributed by atoms with Crippen molar-refractivity contribution in [3.8, 4) is 17.2 Å². The molecular formula is C13H11BrN2O5. The Morgan fingerprint density at radius 3 is 2.76 bits per heavy atom. The second-order valence-corrected chi connectivity index (χ2v) is 4.83. The number of aliphatic hydroxyl groups is 1. The summed E-state index contributed by atoms with van der Waals surface area (Å²) in [5.41, 5.74) is 0.375. The van der Waals surface area contributed by atoms with Crippen LogP contribution in [0, 0.1) is 10.1 Å². The number of halogens is 1. The maximum absolute atomic E-state index is 11.0. The summed E-state index contributed by atoms with van der Waals surface area (Å²) in [5.74, 6) is 0.689. The van der Waals surface area contributed by atoms with Crippen LogP contribution in [-0.4, -0.2) is 22.1 Å². The molecule has 0 saturated heterocycles. The zero-order valence-electron chi connectivity index (χ0n) is 10.9. The lowest BCUT2D eigenvalue weighted by atomic mass is 10.2. The van der Waals surface area contributed by atoms with Crippen molar-refractivity contribution >= 4 is 21.6 Å². The van der Waals surface area contributed by atoms with Gasteiger partial charge in [0, 0.05) is 6.20 Å². The highest BCUT2D eigenvalue weighted by Crippen LogP contribution is 2.40. The molecule has 1 N–H and O–H groups in total. The Balaban J connectivity index is 2.45. The van der Waals surface area contributed by atoms with Gasteiger partial charge in [-0.25, -0.2) is 0 Å². The van der Waals surface area contributed by atoms with Crippen LogP contribution in [0.2, 0.25) is 0 Å². The van der Waals surface area contributed by atoms with Crippen LogP contribution in [0.15, 0.2) is 35.1 Å². The summed E-state index contributed by atoms with van der Waals surface area (Å²) < 4.78 is 11.1. The van der Waals surface area contributed by atoms with Crippen LogP contribution in [0.1, 0.15) is 5.56 Å². The second-order valence-electron chi connectivity index (χ2n) is 3.97. The SMILES string of the molecule is COc1cc(CO)ccc1Oc1c(Br)cncc1[N+](=O)[O-]. The van der Waals surface area contributed by atoms with Gasteiger partial charge in [-0.1, -0.05) is 6.07 Å². The molecule has 0 radical (unpaired) electrons. The first kappa shape index (κ1) is 15.2. The standard InChI is InChI=1S/C13H11BrN2O5/c1-20-12-4-8(7-17)2-3-11(12)21-13-9(14)5-15-6-10(13)16(18)19/h2-6,17H,7H2,1H3. The first-order valence-electron chi connectivity index (χ1n) is 5.80. The Hall–Kier alpha value is -2.19. The van der Waals surface area contributed by atoms with E-state index in [2.05, 4.69) is 20.9 Å². The Labute approximate surface area is 128 Å². The molecule has 1 aromatic carbocycles. The summed E-state index contributed by atoms with van der Waals surface area (Å²) in [6.45, 7) is -0.143.